The van der Waals surface area contributed by atoms with E-state index in [2.05, 4.69) is 5.32 Å². The fourth-order valence-corrected chi connectivity index (χ4v) is 2.58. The van der Waals surface area contributed by atoms with E-state index in [-0.39, 0.29) is 12.5 Å². The number of carbonyl (C=O) groups excluding carboxylic acids is 1. The molecule has 22 heavy (non-hydrogen) atoms. The molecular formula is C19H17NO2. The van der Waals surface area contributed by atoms with Gasteiger partial charge in [0.2, 0.25) is 0 Å². The molecule has 3 nitrogen and oxygen atoms in total. The summed E-state index contributed by atoms with van der Waals surface area (Å²) in [5.41, 5.74) is 1.51. The molecule has 3 rings (SSSR count). The zero-order valence-electron chi connectivity index (χ0n) is 12.1. The van der Waals surface area contributed by atoms with Gasteiger partial charge in [0.05, 0.1) is 12.6 Å². The van der Waals surface area contributed by atoms with E-state index in [1.165, 1.54) is 0 Å². The third-order valence-corrected chi connectivity index (χ3v) is 3.72. The molecule has 0 heterocycles. The molecule has 3 aromatic carbocycles. The molecule has 0 aliphatic rings. The summed E-state index contributed by atoms with van der Waals surface area (Å²) in [5, 5.41) is 14.4. The van der Waals surface area contributed by atoms with Gasteiger partial charge >= 0.3 is 0 Å². The highest BCUT2D eigenvalue weighted by atomic mass is 16.3. The van der Waals surface area contributed by atoms with Crippen molar-refractivity contribution in [3.8, 4) is 0 Å². The molecule has 0 saturated carbocycles. The van der Waals surface area contributed by atoms with Crippen LogP contribution in [0.1, 0.15) is 22.0 Å². The monoisotopic (exact) mass is 291 g/mol. The maximum absolute atomic E-state index is 12.6. The van der Waals surface area contributed by atoms with Crippen molar-refractivity contribution in [2.24, 2.45) is 0 Å². The first-order valence-corrected chi connectivity index (χ1v) is 7.24. The number of nitrogens with one attached hydrogen (secondary N) is 1. The van der Waals surface area contributed by atoms with Gasteiger partial charge in [-0.2, -0.15) is 0 Å². The molecule has 3 aromatic rings. The molecule has 0 radical (unpaired) electrons. The lowest BCUT2D eigenvalue weighted by Crippen LogP contribution is -2.30. The Morgan fingerprint density at radius 1 is 0.909 bits per heavy atom. The van der Waals surface area contributed by atoms with Crippen molar-refractivity contribution in [1.29, 1.82) is 0 Å². The number of amides is 1. The van der Waals surface area contributed by atoms with Crippen LogP contribution in [0, 0.1) is 0 Å². The fourth-order valence-electron chi connectivity index (χ4n) is 2.58. The Kier molecular flexibility index (Phi) is 4.17. The summed E-state index contributed by atoms with van der Waals surface area (Å²) in [6.45, 7) is -0.138. The summed E-state index contributed by atoms with van der Waals surface area (Å²) in [5.74, 6) is -0.181. The van der Waals surface area contributed by atoms with Crippen LogP contribution >= 0.6 is 0 Å². The molecule has 1 unspecified atom stereocenters. The molecule has 3 heteroatoms. The summed E-state index contributed by atoms with van der Waals surface area (Å²) in [6.07, 6.45) is 0. The van der Waals surface area contributed by atoms with E-state index >= 15 is 0 Å². The van der Waals surface area contributed by atoms with Crippen molar-refractivity contribution < 1.29 is 9.90 Å². The van der Waals surface area contributed by atoms with Crippen LogP contribution in [-0.2, 0) is 0 Å². The zero-order chi connectivity index (χ0) is 15.4. The van der Waals surface area contributed by atoms with E-state index < -0.39 is 6.04 Å². The van der Waals surface area contributed by atoms with Gasteiger partial charge in [-0.05, 0) is 22.4 Å². The van der Waals surface area contributed by atoms with Crippen molar-refractivity contribution in [1.82, 2.24) is 5.32 Å². The van der Waals surface area contributed by atoms with Gasteiger partial charge in [-0.3, -0.25) is 4.79 Å². The Hall–Kier alpha value is -2.65. The molecule has 1 amide bonds. The number of rotatable bonds is 4. The SMILES string of the molecule is O=C(NC(CO)c1ccccc1)c1cccc2ccccc12. The highest BCUT2D eigenvalue weighted by Gasteiger charge is 2.16. The Labute approximate surface area is 129 Å². The van der Waals surface area contributed by atoms with Crippen LogP contribution in [0.25, 0.3) is 10.8 Å². The van der Waals surface area contributed by atoms with Gasteiger partial charge in [-0.15, -0.1) is 0 Å². The number of benzene rings is 3. The van der Waals surface area contributed by atoms with Crippen LogP contribution in [0.3, 0.4) is 0 Å². The van der Waals surface area contributed by atoms with E-state index in [0.717, 1.165) is 16.3 Å². The molecular weight excluding hydrogens is 274 g/mol. The maximum atomic E-state index is 12.6. The average molecular weight is 291 g/mol. The van der Waals surface area contributed by atoms with Gasteiger partial charge in [-0.25, -0.2) is 0 Å². The number of hydrogen-bond donors (Lipinski definition) is 2. The minimum atomic E-state index is -0.410. The van der Waals surface area contributed by atoms with Crippen LogP contribution in [0.4, 0.5) is 0 Å². The second-order valence-electron chi connectivity index (χ2n) is 5.15. The molecule has 1 atom stereocenters. The molecule has 0 bridgehead atoms. The summed E-state index contributed by atoms with van der Waals surface area (Å²) in [4.78, 5) is 12.6. The van der Waals surface area contributed by atoms with Crippen LogP contribution in [-0.4, -0.2) is 17.6 Å². The van der Waals surface area contributed by atoms with Crippen LogP contribution < -0.4 is 5.32 Å². The van der Waals surface area contributed by atoms with Gasteiger partial charge < -0.3 is 10.4 Å². The number of carbonyl (C=O) groups is 1. The second kappa shape index (κ2) is 6.41. The van der Waals surface area contributed by atoms with Crippen LogP contribution in [0.2, 0.25) is 0 Å². The highest BCUT2D eigenvalue weighted by molar-refractivity contribution is 6.07. The van der Waals surface area contributed by atoms with Gasteiger partial charge in [0.1, 0.15) is 0 Å². The summed E-state index contributed by atoms with van der Waals surface area (Å²) < 4.78 is 0. The zero-order valence-corrected chi connectivity index (χ0v) is 12.1. The largest absolute Gasteiger partial charge is 0.394 e. The normalized spacial score (nSPS) is 12.0. The number of fused-ring (bicyclic) bond motifs is 1. The highest BCUT2D eigenvalue weighted by Crippen LogP contribution is 2.20. The molecule has 110 valence electrons. The minimum absolute atomic E-state index is 0.138. The van der Waals surface area contributed by atoms with E-state index in [1.54, 1.807) is 6.07 Å². The molecule has 0 spiro atoms. The molecule has 0 aromatic heterocycles. The van der Waals surface area contributed by atoms with Crippen molar-refractivity contribution in [3.05, 3.63) is 83.9 Å². The summed E-state index contributed by atoms with van der Waals surface area (Å²) >= 11 is 0. The average Bonchev–Trinajstić information content (AvgIpc) is 2.59. The van der Waals surface area contributed by atoms with Crippen molar-refractivity contribution in [2.45, 2.75) is 6.04 Å². The Morgan fingerprint density at radius 3 is 2.36 bits per heavy atom. The van der Waals surface area contributed by atoms with Crippen LogP contribution in [0.5, 0.6) is 0 Å². The van der Waals surface area contributed by atoms with Crippen molar-refractivity contribution in [2.75, 3.05) is 6.61 Å². The lowest BCUT2D eigenvalue weighted by atomic mass is 10.0. The first-order chi connectivity index (χ1) is 10.8. The Morgan fingerprint density at radius 2 is 1.59 bits per heavy atom. The Balaban J connectivity index is 1.90. The van der Waals surface area contributed by atoms with E-state index in [1.807, 2.05) is 66.7 Å². The van der Waals surface area contributed by atoms with Crippen molar-refractivity contribution in [3.63, 3.8) is 0 Å². The third-order valence-electron chi connectivity index (χ3n) is 3.72. The Bertz CT molecular complexity index is 778. The summed E-state index contributed by atoms with van der Waals surface area (Å²) in [7, 11) is 0. The molecule has 0 fully saturated rings. The number of aliphatic hydroxyl groups is 1. The molecule has 0 saturated heterocycles. The topological polar surface area (TPSA) is 49.3 Å². The fraction of sp³-hybridized carbons (Fsp3) is 0.105. The maximum Gasteiger partial charge on any atom is 0.252 e. The van der Waals surface area contributed by atoms with Crippen molar-refractivity contribution >= 4 is 16.7 Å². The second-order valence-corrected chi connectivity index (χ2v) is 5.15. The van der Waals surface area contributed by atoms with Gasteiger partial charge in [0.25, 0.3) is 5.91 Å². The number of hydrogen-bond acceptors (Lipinski definition) is 2. The first kappa shape index (κ1) is 14.3. The van der Waals surface area contributed by atoms with E-state index in [9.17, 15) is 9.90 Å². The minimum Gasteiger partial charge on any atom is -0.394 e. The smallest absolute Gasteiger partial charge is 0.252 e. The molecule has 0 aliphatic carbocycles. The lowest BCUT2D eigenvalue weighted by Gasteiger charge is -2.17. The lowest BCUT2D eigenvalue weighted by molar-refractivity contribution is 0.0918. The molecule has 2 N–H and O–H groups in total. The van der Waals surface area contributed by atoms with Gasteiger partial charge in [0, 0.05) is 5.56 Å². The van der Waals surface area contributed by atoms with E-state index in [0.29, 0.717) is 5.56 Å². The first-order valence-electron chi connectivity index (χ1n) is 7.24. The quantitative estimate of drug-likeness (QED) is 0.775. The predicted molar refractivity (Wildman–Crippen MR) is 87.7 cm³/mol. The standard InChI is InChI=1S/C19H17NO2/c21-13-18(15-8-2-1-3-9-15)20-19(22)17-12-6-10-14-7-4-5-11-16(14)17/h1-12,18,21H,13H2,(H,20,22). The molecule has 0 aliphatic heterocycles. The summed E-state index contributed by atoms with van der Waals surface area (Å²) in [6, 6.07) is 22.5. The van der Waals surface area contributed by atoms with Gasteiger partial charge in [0.15, 0.2) is 0 Å². The third kappa shape index (κ3) is 2.85. The predicted octanol–water partition coefficient (Wildman–Crippen LogP) is 3.30. The van der Waals surface area contributed by atoms with Gasteiger partial charge in [-0.1, -0.05) is 66.7 Å². The number of aliphatic hydroxyl groups excluding tert-OH is 1. The van der Waals surface area contributed by atoms with Crippen LogP contribution in [0.15, 0.2) is 72.8 Å². The van der Waals surface area contributed by atoms with E-state index in [4.69, 9.17) is 0 Å².